The van der Waals surface area contributed by atoms with Gasteiger partial charge in [-0.1, -0.05) is 43.2 Å². The molecule has 0 unspecified atom stereocenters. The van der Waals surface area contributed by atoms with E-state index < -0.39 is 16.1 Å². The molecule has 2 aromatic rings. The van der Waals surface area contributed by atoms with Crippen molar-refractivity contribution in [2.75, 3.05) is 6.61 Å². The van der Waals surface area contributed by atoms with Crippen LogP contribution in [0.4, 0.5) is 0 Å². The van der Waals surface area contributed by atoms with Crippen LogP contribution < -0.4 is 14.8 Å². The highest BCUT2D eigenvalue weighted by Crippen LogP contribution is 2.22. The Morgan fingerprint density at radius 1 is 1.13 bits per heavy atom. The normalized spacial score (nSPS) is 15.7. The molecular formula is C23H30N2O4S. The number of rotatable bonds is 9. The first kappa shape index (κ1) is 22.3. The van der Waals surface area contributed by atoms with Crippen LogP contribution in [0.2, 0.25) is 0 Å². The topological polar surface area (TPSA) is 84.5 Å². The molecule has 1 fully saturated rings. The lowest BCUT2D eigenvalue weighted by Gasteiger charge is -2.21. The van der Waals surface area contributed by atoms with Gasteiger partial charge < -0.3 is 10.1 Å². The molecule has 0 radical (unpaired) electrons. The highest BCUT2D eigenvalue weighted by atomic mass is 32.2. The molecule has 30 heavy (non-hydrogen) atoms. The molecule has 0 bridgehead atoms. The molecule has 2 N–H and O–H groups in total. The Kier molecular flexibility index (Phi) is 7.50. The largest absolute Gasteiger partial charge is 0.494 e. The van der Waals surface area contributed by atoms with Crippen LogP contribution in [0.3, 0.4) is 0 Å². The third kappa shape index (κ3) is 5.83. The lowest BCUT2D eigenvalue weighted by atomic mass is 10.1. The van der Waals surface area contributed by atoms with Crippen molar-refractivity contribution in [3.63, 3.8) is 0 Å². The van der Waals surface area contributed by atoms with Gasteiger partial charge in [0.25, 0.3) is 0 Å². The molecule has 1 saturated carbocycles. The summed E-state index contributed by atoms with van der Waals surface area (Å²) in [7, 11) is -3.88. The Bertz CT molecular complexity index is 954. The fourth-order valence-corrected chi connectivity index (χ4v) is 5.05. The quantitative estimate of drug-likeness (QED) is 0.639. The lowest BCUT2D eigenvalue weighted by molar-refractivity contribution is -0.123. The molecule has 1 amide bonds. The van der Waals surface area contributed by atoms with Gasteiger partial charge in [-0.05, 0) is 62.4 Å². The molecule has 6 nitrogen and oxygen atoms in total. The Hall–Kier alpha value is -2.38. The second kappa shape index (κ2) is 10.1. The molecule has 0 aliphatic heterocycles. The van der Waals surface area contributed by atoms with Crippen LogP contribution in [0.25, 0.3) is 0 Å². The van der Waals surface area contributed by atoms with E-state index in [1.807, 2.05) is 37.3 Å². The SMILES string of the molecule is CCOc1ccc(S(=O)(=O)N[C@H](Cc2ccccc2)C(=O)NC2CCCC2)cc1C. The van der Waals surface area contributed by atoms with Gasteiger partial charge in [-0.2, -0.15) is 4.72 Å². The zero-order chi connectivity index (χ0) is 21.6. The number of carbonyl (C=O) groups excluding carboxylic acids is 1. The van der Waals surface area contributed by atoms with Crippen molar-refractivity contribution in [2.45, 2.75) is 62.9 Å². The van der Waals surface area contributed by atoms with Gasteiger partial charge in [0.05, 0.1) is 11.5 Å². The van der Waals surface area contributed by atoms with E-state index in [0.29, 0.717) is 12.4 Å². The molecule has 0 spiro atoms. The number of nitrogens with one attached hydrogen (secondary N) is 2. The first-order valence-electron chi connectivity index (χ1n) is 10.5. The summed E-state index contributed by atoms with van der Waals surface area (Å²) in [5.41, 5.74) is 1.63. The molecule has 1 aliphatic carbocycles. The van der Waals surface area contributed by atoms with Crippen molar-refractivity contribution in [1.82, 2.24) is 10.0 Å². The number of amides is 1. The van der Waals surface area contributed by atoms with Crippen LogP contribution in [0, 0.1) is 6.92 Å². The fraction of sp³-hybridized carbons (Fsp3) is 0.435. The van der Waals surface area contributed by atoms with Gasteiger partial charge in [0.15, 0.2) is 0 Å². The minimum Gasteiger partial charge on any atom is -0.494 e. The lowest BCUT2D eigenvalue weighted by Crippen LogP contribution is -2.50. The molecular weight excluding hydrogens is 400 g/mol. The van der Waals surface area contributed by atoms with Crippen molar-refractivity contribution in [3.8, 4) is 5.75 Å². The predicted molar refractivity (Wildman–Crippen MR) is 117 cm³/mol. The van der Waals surface area contributed by atoms with Crippen LogP contribution in [0.15, 0.2) is 53.4 Å². The van der Waals surface area contributed by atoms with E-state index in [4.69, 9.17) is 4.74 Å². The van der Waals surface area contributed by atoms with E-state index in [-0.39, 0.29) is 23.3 Å². The van der Waals surface area contributed by atoms with Crippen LogP contribution in [-0.2, 0) is 21.2 Å². The summed E-state index contributed by atoms with van der Waals surface area (Å²) in [5.74, 6) is 0.369. The van der Waals surface area contributed by atoms with Gasteiger partial charge >= 0.3 is 0 Å². The molecule has 0 saturated heterocycles. The Labute approximate surface area is 179 Å². The van der Waals surface area contributed by atoms with Crippen LogP contribution in [0.5, 0.6) is 5.75 Å². The van der Waals surface area contributed by atoms with Crippen molar-refractivity contribution in [1.29, 1.82) is 0 Å². The first-order valence-corrected chi connectivity index (χ1v) is 12.0. The summed E-state index contributed by atoms with van der Waals surface area (Å²) in [5, 5.41) is 3.02. The number of benzene rings is 2. The fourth-order valence-electron chi connectivity index (χ4n) is 3.77. The highest BCUT2D eigenvalue weighted by Gasteiger charge is 2.28. The smallest absolute Gasteiger partial charge is 0.241 e. The molecule has 0 heterocycles. The molecule has 2 aromatic carbocycles. The molecule has 1 aliphatic rings. The predicted octanol–water partition coefficient (Wildman–Crippen LogP) is 3.34. The number of ether oxygens (including phenoxy) is 1. The minimum absolute atomic E-state index is 0.119. The van der Waals surface area contributed by atoms with Gasteiger partial charge in [-0.15, -0.1) is 0 Å². The molecule has 1 atom stereocenters. The van der Waals surface area contributed by atoms with E-state index in [0.717, 1.165) is 36.8 Å². The van der Waals surface area contributed by atoms with E-state index in [2.05, 4.69) is 10.0 Å². The van der Waals surface area contributed by atoms with Crippen LogP contribution in [-0.4, -0.2) is 33.0 Å². The number of aryl methyl sites for hydroxylation is 1. The highest BCUT2D eigenvalue weighted by molar-refractivity contribution is 7.89. The third-order valence-electron chi connectivity index (χ3n) is 5.35. The van der Waals surface area contributed by atoms with E-state index in [1.165, 1.54) is 6.07 Å². The number of hydrogen-bond donors (Lipinski definition) is 2. The van der Waals surface area contributed by atoms with E-state index in [9.17, 15) is 13.2 Å². The molecule has 7 heteroatoms. The summed E-state index contributed by atoms with van der Waals surface area (Å²) < 4.78 is 34.3. The maximum atomic E-state index is 13.1. The third-order valence-corrected chi connectivity index (χ3v) is 6.82. The second-order valence-electron chi connectivity index (χ2n) is 7.71. The van der Waals surface area contributed by atoms with Crippen molar-refractivity contribution in [3.05, 3.63) is 59.7 Å². The van der Waals surface area contributed by atoms with Gasteiger partial charge in [0.1, 0.15) is 11.8 Å². The number of sulfonamides is 1. The maximum absolute atomic E-state index is 13.1. The standard InChI is InChI=1S/C23H30N2O4S/c1-3-29-22-14-13-20(15-17(22)2)30(27,28)25-21(16-18-9-5-4-6-10-18)23(26)24-19-11-7-8-12-19/h4-6,9-10,13-15,19,21,25H,3,7-8,11-12,16H2,1-2H3,(H,24,26)/t21-/m1/s1. The maximum Gasteiger partial charge on any atom is 0.241 e. The van der Waals surface area contributed by atoms with Gasteiger partial charge in [-0.25, -0.2) is 8.42 Å². The molecule has 3 rings (SSSR count). The Morgan fingerprint density at radius 2 is 1.83 bits per heavy atom. The molecule has 0 aromatic heterocycles. The van der Waals surface area contributed by atoms with E-state index in [1.54, 1.807) is 19.1 Å². The summed E-state index contributed by atoms with van der Waals surface area (Å²) in [4.78, 5) is 13.1. The average Bonchev–Trinajstić information content (AvgIpc) is 3.23. The zero-order valence-electron chi connectivity index (χ0n) is 17.6. The summed E-state index contributed by atoms with van der Waals surface area (Å²) in [6.07, 6.45) is 4.34. The van der Waals surface area contributed by atoms with Crippen molar-refractivity contribution >= 4 is 15.9 Å². The van der Waals surface area contributed by atoms with Gasteiger partial charge in [-0.3, -0.25) is 4.79 Å². The van der Waals surface area contributed by atoms with Crippen LogP contribution in [0.1, 0.15) is 43.7 Å². The zero-order valence-corrected chi connectivity index (χ0v) is 18.4. The first-order chi connectivity index (χ1) is 14.4. The minimum atomic E-state index is -3.88. The van der Waals surface area contributed by atoms with Gasteiger partial charge in [0, 0.05) is 6.04 Å². The summed E-state index contributed by atoms with van der Waals surface area (Å²) in [6.45, 7) is 4.19. The van der Waals surface area contributed by atoms with Crippen molar-refractivity contribution < 1.29 is 17.9 Å². The van der Waals surface area contributed by atoms with E-state index >= 15 is 0 Å². The van der Waals surface area contributed by atoms with Crippen LogP contribution >= 0.6 is 0 Å². The van der Waals surface area contributed by atoms with Crippen molar-refractivity contribution in [2.24, 2.45) is 0 Å². The molecule has 162 valence electrons. The number of hydrogen-bond acceptors (Lipinski definition) is 4. The Morgan fingerprint density at radius 3 is 2.47 bits per heavy atom. The monoisotopic (exact) mass is 430 g/mol. The number of carbonyl (C=O) groups is 1. The average molecular weight is 431 g/mol. The summed E-state index contributed by atoms with van der Waals surface area (Å²) in [6, 6.07) is 13.4. The second-order valence-corrected chi connectivity index (χ2v) is 9.43. The Balaban J connectivity index is 1.81. The van der Waals surface area contributed by atoms with Gasteiger partial charge in [0.2, 0.25) is 15.9 Å². The summed E-state index contributed by atoms with van der Waals surface area (Å²) >= 11 is 0.